The van der Waals surface area contributed by atoms with Crippen molar-refractivity contribution in [1.82, 2.24) is 4.90 Å². The third kappa shape index (κ3) is 6.98. The van der Waals surface area contributed by atoms with Gasteiger partial charge in [-0.15, -0.1) is 6.58 Å². The van der Waals surface area contributed by atoms with Crippen molar-refractivity contribution in [3.8, 4) is 0 Å². The van der Waals surface area contributed by atoms with Gasteiger partial charge in [0.15, 0.2) is 0 Å². The first-order valence-corrected chi connectivity index (χ1v) is 8.81. The number of oxime groups is 1. The van der Waals surface area contributed by atoms with E-state index in [1.807, 2.05) is 57.2 Å². The molecular weight excluding hydrogens is 316 g/mol. The Hall–Kier alpha value is -1.69. The largest absolute Gasteiger partial charge is 0.390 e. The summed E-state index contributed by atoms with van der Waals surface area (Å²) in [6.45, 7) is 12.0. The van der Waals surface area contributed by atoms with Crippen molar-refractivity contribution >= 4 is 5.71 Å². The Morgan fingerprint density at radius 1 is 1.40 bits per heavy atom. The number of hydrogen-bond acceptors (Lipinski definition) is 5. The Morgan fingerprint density at radius 2 is 2.12 bits per heavy atom. The summed E-state index contributed by atoms with van der Waals surface area (Å²) in [5.74, 6) is 0. The fourth-order valence-corrected chi connectivity index (χ4v) is 2.72. The second-order valence-corrected chi connectivity index (χ2v) is 7.42. The molecule has 1 heterocycles. The first kappa shape index (κ1) is 19.6. The fraction of sp³-hybridized carbons (Fsp3) is 0.550. The number of hydrogen-bond donors (Lipinski definition) is 1. The average molecular weight is 346 g/mol. The summed E-state index contributed by atoms with van der Waals surface area (Å²) in [5, 5.41) is 14.5. The van der Waals surface area contributed by atoms with E-state index in [2.05, 4.69) is 16.6 Å². The Balaban J connectivity index is 1.83. The molecule has 1 aromatic rings. The molecule has 2 atom stereocenters. The van der Waals surface area contributed by atoms with Crippen LogP contribution in [0.15, 0.2) is 48.1 Å². The van der Waals surface area contributed by atoms with Crippen molar-refractivity contribution in [2.75, 3.05) is 26.2 Å². The van der Waals surface area contributed by atoms with Crippen LogP contribution in [-0.2, 0) is 9.57 Å². The van der Waals surface area contributed by atoms with Crippen molar-refractivity contribution in [3.05, 3.63) is 48.6 Å². The average Bonchev–Trinajstić information content (AvgIpc) is 3.02. The number of aliphatic hydroxyl groups excluding tert-OH is 1. The quantitative estimate of drug-likeness (QED) is 0.699. The van der Waals surface area contributed by atoms with Crippen LogP contribution in [0.3, 0.4) is 0 Å². The first-order valence-electron chi connectivity index (χ1n) is 8.81. The minimum absolute atomic E-state index is 0.00843. The zero-order valence-electron chi connectivity index (χ0n) is 15.5. The van der Waals surface area contributed by atoms with Gasteiger partial charge >= 0.3 is 0 Å². The molecule has 1 aliphatic heterocycles. The monoisotopic (exact) mass is 346 g/mol. The molecule has 1 aliphatic rings. The highest BCUT2D eigenvalue weighted by Gasteiger charge is 2.25. The first-order chi connectivity index (χ1) is 11.9. The standard InChI is InChI=1S/C20H30N2O3/c1-5-11-22(13-17(23)15-24-20(2,3)4)14-18-12-19(21-25-18)16-9-7-6-8-10-16/h5-10,17-18,23H,1,11-15H2,2-4H3/t17-,18-/m0/s1. The van der Waals surface area contributed by atoms with E-state index < -0.39 is 6.10 Å². The van der Waals surface area contributed by atoms with Crippen LogP contribution in [0.5, 0.6) is 0 Å². The summed E-state index contributed by atoms with van der Waals surface area (Å²) in [4.78, 5) is 7.71. The number of rotatable bonds is 9. The lowest BCUT2D eigenvalue weighted by Gasteiger charge is -2.27. The number of ether oxygens (including phenoxy) is 1. The van der Waals surface area contributed by atoms with Gasteiger partial charge in [0.2, 0.25) is 0 Å². The molecule has 0 aliphatic carbocycles. The Kier molecular flexibility index (Phi) is 7.17. The second kappa shape index (κ2) is 9.13. The van der Waals surface area contributed by atoms with E-state index in [0.717, 1.165) is 17.7 Å². The van der Waals surface area contributed by atoms with Gasteiger partial charge in [0.05, 0.1) is 24.0 Å². The van der Waals surface area contributed by atoms with E-state index in [1.165, 1.54) is 0 Å². The maximum absolute atomic E-state index is 10.2. The van der Waals surface area contributed by atoms with Gasteiger partial charge in [0, 0.05) is 26.1 Å². The molecule has 138 valence electrons. The van der Waals surface area contributed by atoms with Gasteiger partial charge in [0.1, 0.15) is 6.10 Å². The predicted octanol–water partition coefficient (Wildman–Crippen LogP) is 2.84. The van der Waals surface area contributed by atoms with E-state index in [1.54, 1.807) is 0 Å². The molecule has 0 amide bonds. The molecule has 0 unspecified atom stereocenters. The molecule has 0 saturated carbocycles. The van der Waals surface area contributed by atoms with E-state index >= 15 is 0 Å². The van der Waals surface area contributed by atoms with Crippen molar-refractivity contribution in [3.63, 3.8) is 0 Å². The molecule has 0 fully saturated rings. The maximum Gasteiger partial charge on any atom is 0.145 e. The summed E-state index contributed by atoms with van der Waals surface area (Å²) >= 11 is 0. The van der Waals surface area contributed by atoms with Crippen LogP contribution in [-0.4, -0.2) is 59.8 Å². The summed E-state index contributed by atoms with van der Waals surface area (Å²) in [6.07, 6.45) is 2.05. The summed E-state index contributed by atoms with van der Waals surface area (Å²) in [7, 11) is 0. The third-order valence-corrected chi connectivity index (χ3v) is 3.87. The molecule has 0 bridgehead atoms. The van der Waals surface area contributed by atoms with Gasteiger partial charge in [-0.3, -0.25) is 4.90 Å². The number of aliphatic hydroxyl groups is 1. The minimum atomic E-state index is -0.546. The van der Waals surface area contributed by atoms with E-state index in [0.29, 0.717) is 26.2 Å². The van der Waals surface area contributed by atoms with Crippen molar-refractivity contribution < 1.29 is 14.7 Å². The molecular formula is C20H30N2O3. The van der Waals surface area contributed by atoms with Gasteiger partial charge in [-0.25, -0.2) is 0 Å². The third-order valence-electron chi connectivity index (χ3n) is 3.87. The maximum atomic E-state index is 10.2. The lowest BCUT2D eigenvalue weighted by atomic mass is 10.0. The summed E-state index contributed by atoms with van der Waals surface area (Å²) in [6, 6.07) is 10.1. The molecule has 5 nitrogen and oxygen atoms in total. The van der Waals surface area contributed by atoms with E-state index in [9.17, 15) is 5.11 Å². The van der Waals surface area contributed by atoms with Crippen LogP contribution in [0.2, 0.25) is 0 Å². The van der Waals surface area contributed by atoms with Crippen molar-refractivity contribution in [2.24, 2.45) is 5.16 Å². The van der Waals surface area contributed by atoms with Crippen LogP contribution in [0.1, 0.15) is 32.8 Å². The lowest BCUT2D eigenvalue weighted by Crippen LogP contribution is -2.40. The molecule has 25 heavy (non-hydrogen) atoms. The van der Waals surface area contributed by atoms with Crippen LogP contribution < -0.4 is 0 Å². The Bertz CT molecular complexity index is 566. The van der Waals surface area contributed by atoms with Gasteiger partial charge in [-0.2, -0.15) is 0 Å². The molecule has 5 heteroatoms. The zero-order valence-corrected chi connectivity index (χ0v) is 15.5. The summed E-state index contributed by atoms with van der Waals surface area (Å²) < 4.78 is 5.66. The van der Waals surface area contributed by atoms with Gasteiger partial charge < -0.3 is 14.7 Å². The smallest absolute Gasteiger partial charge is 0.145 e. The summed E-state index contributed by atoms with van der Waals surface area (Å²) in [5.41, 5.74) is 1.82. The highest BCUT2D eigenvalue weighted by molar-refractivity contribution is 6.01. The van der Waals surface area contributed by atoms with Gasteiger partial charge in [0.25, 0.3) is 0 Å². The fourth-order valence-electron chi connectivity index (χ4n) is 2.72. The molecule has 0 spiro atoms. The molecule has 0 radical (unpaired) electrons. The van der Waals surface area contributed by atoms with E-state index in [4.69, 9.17) is 9.57 Å². The highest BCUT2D eigenvalue weighted by Crippen LogP contribution is 2.18. The van der Waals surface area contributed by atoms with Crippen molar-refractivity contribution in [1.29, 1.82) is 0 Å². The van der Waals surface area contributed by atoms with Crippen LogP contribution in [0.4, 0.5) is 0 Å². The van der Waals surface area contributed by atoms with Crippen LogP contribution >= 0.6 is 0 Å². The second-order valence-electron chi connectivity index (χ2n) is 7.42. The molecule has 1 N–H and O–H groups in total. The molecule has 2 rings (SSSR count). The Labute approximate surface area is 150 Å². The van der Waals surface area contributed by atoms with Crippen LogP contribution in [0.25, 0.3) is 0 Å². The van der Waals surface area contributed by atoms with Gasteiger partial charge in [-0.1, -0.05) is 41.6 Å². The molecule has 1 aromatic carbocycles. The lowest BCUT2D eigenvalue weighted by molar-refractivity contribution is -0.0583. The topological polar surface area (TPSA) is 54.3 Å². The molecule has 0 saturated heterocycles. The number of nitrogens with zero attached hydrogens (tertiary/aromatic N) is 2. The number of benzene rings is 1. The van der Waals surface area contributed by atoms with Gasteiger partial charge in [-0.05, 0) is 26.3 Å². The van der Waals surface area contributed by atoms with Crippen molar-refractivity contribution in [2.45, 2.75) is 45.0 Å². The predicted molar refractivity (Wildman–Crippen MR) is 101 cm³/mol. The Morgan fingerprint density at radius 3 is 2.76 bits per heavy atom. The van der Waals surface area contributed by atoms with Crippen LogP contribution in [0, 0.1) is 0 Å². The highest BCUT2D eigenvalue weighted by atomic mass is 16.6. The molecule has 0 aromatic heterocycles. The SMILES string of the molecule is C=CCN(C[C@H](O)COC(C)(C)C)C[C@@H]1CC(c2ccccc2)=NO1. The van der Waals surface area contributed by atoms with E-state index in [-0.39, 0.29) is 11.7 Å². The minimum Gasteiger partial charge on any atom is -0.390 e. The zero-order chi connectivity index (χ0) is 18.3. The normalized spacial score (nSPS) is 18.8.